The molecule has 0 saturated heterocycles. The SMILES string of the molecule is CC1CC(CN=[N+]=[N-])CC(CN=[N+]=[N-])C1. The molecule has 1 fully saturated rings. The third-order valence-electron chi connectivity index (χ3n) is 2.94. The lowest BCUT2D eigenvalue weighted by Crippen LogP contribution is -2.24. The molecule has 6 nitrogen and oxygen atoms in total. The van der Waals surface area contributed by atoms with E-state index in [1.165, 1.54) is 0 Å². The maximum atomic E-state index is 8.26. The maximum Gasteiger partial charge on any atom is 0.0286 e. The van der Waals surface area contributed by atoms with Crippen molar-refractivity contribution in [2.24, 2.45) is 28.0 Å². The number of rotatable bonds is 4. The molecule has 0 aromatic heterocycles. The fourth-order valence-corrected chi connectivity index (χ4v) is 2.50. The normalized spacial score (nSPS) is 30.1. The minimum atomic E-state index is 0.462. The van der Waals surface area contributed by atoms with Gasteiger partial charge in [0.25, 0.3) is 0 Å². The quantitative estimate of drug-likeness (QED) is 0.382. The first kappa shape index (κ1) is 11.7. The Morgan fingerprint density at radius 3 is 1.87 bits per heavy atom. The van der Waals surface area contributed by atoms with E-state index in [-0.39, 0.29) is 0 Å². The molecule has 1 rings (SSSR count). The Hall–Kier alpha value is -1.38. The topological polar surface area (TPSA) is 97.5 Å². The van der Waals surface area contributed by atoms with Crippen LogP contribution in [0, 0.1) is 17.8 Å². The van der Waals surface area contributed by atoms with E-state index < -0.39 is 0 Å². The lowest BCUT2D eigenvalue weighted by molar-refractivity contribution is 0.215. The highest BCUT2D eigenvalue weighted by Gasteiger charge is 2.25. The Balaban J connectivity index is 2.46. The molecule has 2 atom stereocenters. The molecule has 82 valence electrons. The van der Waals surface area contributed by atoms with E-state index in [0.717, 1.165) is 19.3 Å². The second-order valence-corrected chi connectivity index (χ2v) is 4.37. The highest BCUT2D eigenvalue weighted by molar-refractivity contribution is 4.79. The van der Waals surface area contributed by atoms with Gasteiger partial charge in [-0.1, -0.05) is 17.2 Å². The molecule has 0 amide bonds. The number of hydrogen-bond donors (Lipinski definition) is 0. The first-order chi connectivity index (χ1) is 7.26. The zero-order chi connectivity index (χ0) is 11.1. The van der Waals surface area contributed by atoms with Crippen LogP contribution in [0.4, 0.5) is 0 Å². The van der Waals surface area contributed by atoms with Crippen LogP contribution in [0.1, 0.15) is 26.2 Å². The molecule has 0 spiro atoms. The molecule has 0 aromatic carbocycles. The van der Waals surface area contributed by atoms with Gasteiger partial charge in [0.2, 0.25) is 0 Å². The Morgan fingerprint density at radius 2 is 1.47 bits per heavy atom. The van der Waals surface area contributed by atoms with Gasteiger partial charge in [-0.05, 0) is 48.1 Å². The Labute approximate surface area is 88.9 Å². The molecule has 0 heterocycles. The molecule has 0 aromatic rings. The van der Waals surface area contributed by atoms with E-state index in [2.05, 4.69) is 27.0 Å². The fourth-order valence-electron chi connectivity index (χ4n) is 2.50. The van der Waals surface area contributed by atoms with Crippen molar-refractivity contribution in [1.82, 2.24) is 0 Å². The Kier molecular flexibility index (Phi) is 4.81. The molecular weight excluding hydrogens is 192 g/mol. The summed E-state index contributed by atoms with van der Waals surface area (Å²) in [5.74, 6) is 1.56. The van der Waals surface area contributed by atoms with Gasteiger partial charge in [0, 0.05) is 22.9 Å². The molecule has 0 aliphatic heterocycles. The van der Waals surface area contributed by atoms with Gasteiger partial charge in [-0.3, -0.25) is 0 Å². The summed E-state index contributed by atoms with van der Waals surface area (Å²) in [5, 5.41) is 7.24. The summed E-state index contributed by atoms with van der Waals surface area (Å²) in [7, 11) is 0. The Morgan fingerprint density at radius 1 is 1.00 bits per heavy atom. The summed E-state index contributed by atoms with van der Waals surface area (Å²) < 4.78 is 0. The lowest BCUT2D eigenvalue weighted by atomic mass is 9.76. The summed E-state index contributed by atoms with van der Waals surface area (Å²) in [6.45, 7) is 3.35. The summed E-state index contributed by atoms with van der Waals surface area (Å²) in [6.07, 6.45) is 3.25. The number of nitrogens with zero attached hydrogens (tertiary/aromatic N) is 6. The van der Waals surface area contributed by atoms with Crippen molar-refractivity contribution in [2.45, 2.75) is 26.2 Å². The van der Waals surface area contributed by atoms with E-state index in [4.69, 9.17) is 11.1 Å². The van der Waals surface area contributed by atoms with Crippen molar-refractivity contribution >= 4 is 0 Å². The van der Waals surface area contributed by atoms with Crippen LogP contribution in [0.15, 0.2) is 10.2 Å². The van der Waals surface area contributed by atoms with Crippen molar-refractivity contribution in [2.75, 3.05) is 13.1 Å². The summed E-state index contributed by atoms with van der Waals surface area (Å²) in [4.78, 5) is 5.57. The van der Waals surface area contributed by atoms with Crippen LogP contribution in [-0.2, 0) is 0 Å². The van der Waals surface area contributed by atoms with Crippen molar-refractivity contribution in [3.63, 3.8) is 0 Å². The van der Waals surface area contributed by atoms with Crippen LogP contribution >= 0.6 is 0 Å². The van der Waals surface area contributed by atoms with Gasteiger partial charge >= 0.3 is 0 Å². The Bertz CT molecular complexity index is 261. The van der Waals surface area contributed by atoms with Crippen LogP contribution in [0.25, 0.3) is 20.9 Å². The van der Waals surface area contributed by atoms with Gasteiger partial charge in [0.1, 0.15) is 0 Å². The van der Waals surface area contributed by atoms with Gasteiger partial charge < -0.3 is 0 Å². The molecule has 2 unspecified atom stereocenters. The predicted molar refractivity (Wildman–Crippen MR) is 58.0 cm³/mol. The molecule has 0 bridgehead atoms. The maximum absolute atomic E-state index is 8.26. The summed E-state index contributed by atoms with van der Waals surface area (Å²) in [5.41, 5.74) is 16.5. The summed E-state index contributed by atoms with van der Waals surface area (Å²) in [6, 6.07) is 0. The standard InChI is InChI=1S/C9H16N6/c1-7-2-8(5-12-14-10)4-9(3-7)6-13-15-11/h7-9H,2-6H2,1H3. The highest BCUT2D eigenvalue weighted by atomic mass is 15.1. The average Bonchev–Trinajstić information content (AvgIpc) is 2.23. The van der Waals surface area contributed by atoms with Gasteiger partial charge in [-0.15, -0.1) is 0 Å². The van der Waals surface area contributed by atoms with Gasteiger partial charge in [-0.25, -0.2) is 0 Å². The van der Waals surface area contributed by atoms with Crippen LogP contribution < -0.4 is 0 Å². The second kappa shape index (κ2) is 6.17. The molecule has 6 heteroatoms. The average molecular weight is 208 g/mol. The van der Waals surface area contributed by atoms with Gasteiger partial charge in [-0.2, -0.15) is 0 Å². The van der Waals surface area contributed by atoms with Crippen LogP contribution in [0.2, 0.25) is 0 Å². The molecule has 1 aliphatic carbocycles. The smallest absolute Gasteiger partial charge is 0.0286 e. The van der Waals surface area contributed by atoms with Crippen LogP contribution in [0.5, 0.6) is 0 Å². The number of hydrogen-bond acceptors (Lipinski definition) is 2. The van der Waals surface area contributed by atoms with E-state index in [1.54, 1.807) is 0 Å². The van der Waals surface area contributed by atoms with Gasteiger partial charge in [0.15, 0.2) is 0 Å². The van der Waals surface area contributed by atoms with Crippen molar-refractivity contribution in [3.05, 3.63) is 20.9 Å². The molecule has 1 saturated carbocycles. The third-order valence-corrected chi connectivity index (χ3v) is 2.94. The molecule has 0 N–H and O–H groups in total. The predicted octanol–water partition coefficient (Wildman–Crippen LogP) is 3.66. The minimum absolute atomic E-state index is 0.462. The number of azide groups is 2. The van der Waals surface area contributed by atoms with Crippen molar-refractivity contribution in [3.8, 4) is 0 Å². The van der Waals surface area contributed by atoms with Crippen molar-refractivity contribution in [1.29, 1.82) is 0 Å². The largest absolute Gasteiger partial charge is 0.0937 e. The van der Waals surface area contributed by atoms with E-state index in [9.17, 15) is 0 Å². The van der Waals surface area contributed by atoms with E-state index in [1.807, 2.05) is 0 Å². The van der Waals surface area contributed by atoms with Crippen molar-refractivity contribution < 1.29 is 0 Å². The van der Waals surface area contributed by atoms with E-state index >= 15 is 0 Å². The molecule has 15 heavy (non-hydrogen) atoms. The summed E-state index contributed by atoms with van der Waals surface area (Å²) >= 11 is 0. The monoisotopic (exact) mass is 208 g/mol. The third kappa shape index (κ3) is 4.11. The first-order valence-corrected chi connectivity index (χ1v) is 5.28. The molecule has 1 aliphatic rings. The first-order valence-electron chi connectivity index (χ1n) is 5.28. The van der Waals surface area contributed by atoms with Gasteiger partial charge in [0.05, 0.1) is 0 Å². The zero-order valence-electron chi connectivity index (χ0n) is 8.95. The second-order valence-electron chi connectivity index (χ2n) is 4.37. The molecule has 0 radical (unpaired) electrons. The van der Waals surface area contributed by atoms with E-state index in [0.29, 0.717) is 30.8 Å². The van der Waals surface area contributed by atoms with Crippen LogP contribution in [0.3, 0.4) is 0 Å². The highest BCUT2D eigenvalue weighted by Crippen LogP contribution is 2.33. The minimum Gasteiger partial charge on any atom is -0.0937 e. The molecular formula is C9H16N6. The fraction of sp³-hybridized carbons (Fsp3) is 1.00. The zero-order valence-corrected chi connectivity index (χ0v) is 8.95. The lowest BCUT2D eigenvalue weighted by Gasteiger charge is -2.31. The van der Waals surface area contributed by atoms with Crippen LogP contribution in [-0.4, -0.2) is 13.1 Å².